The highest BCUT2D eigenvalue weighted by Gasteiger charge is 2.31. The molecule has 1 aliphatic rings. The fraction of sp³-hybridized carbons (Fsp3) is 0.909. The van der Waals surface area contributed by atoms with Crippen molar-refractivity contribution in [2.45, 2.75) is 26.7 Å². The van der Waals surface area contributed by atoms with Gasteiger partial charge in [0.25, 0.3) is 10.2 Å². The quantitative estimate of drug-likeness (QED) is 0.685. The Labute approximate surface area is 109 Å². The maximum atomic E-state index is 12.2. The number of hydrogen-bond acceptors (Lipinski definition) is 4. The molecule has 18 heavy (non-hydrogen) atoms. The van der Waals surface area contributed by atoms with Crippen LogP contribution in [-0.2, 0) is 19.7 Å². The Morgan fingerprint density at radius 2 is 2.17 bits per heavy atom. The van der Waals surface area contributed by atoms with Gasteiger partial charge in [-0.05, 0) is 25.7 Å². The normalized spacial score (nSPS) is 22.1. The Hall–Kier alpha value is -0.660. The zero-order chi connectivity index (χ0) is 13.8. The third kappa shape index (κ3) is 3.93. The number of likely N-dealkylation sites (N-methyl/N-ethyl adjacent to an activating group) is 1. The average Bonchev–Trinajstić information content (AvgIpc) is 2.29. The molecular formula is C11H22N2O4S. The third-order valence-electron chi connectivity index (χ3n) is 3.00. The molecular weight excluding hydrogens is 256 g/mol. The molecule has 7 heteroatoms. The fourth-order valence-corrected chi connectivity index (χ4v) is 3.49. The van der Waals surface area contributed by atoms with E-state index in [1.54, 1.807) is 6.92 Å². The van der Waals surface area contributed by atoms with Gasteiger partial charge in [-0.1, -0.05) is 6.92 Å². The van der Waals surface area contributed by atoms with Crippen molar-refractivity contribution in [2.24, 2.45) is 5.92 Å². The minimum absolute atomic E-state index is 0.235. The lowest BCUT2D eigenvalue weighted by molar-refractivity contribution is -0.143. The number of piperidine rings is 1. The summed E-state index contributed by atoms with van der Waals surface area (Å²) < 4.78 is 31.7. The molecule has 1 fully saturated rings. The van der Waals surface area contributed by atoms with Crippen molar-refractivity contribution >= 4 is 16.2 Å². The summed E-state index contributed by atoms with van der Waals surface area (Å²) in [5.41, 5.74) is 0. The average molecular weight is 278 g/mol. The molecule has 0 aromatic heterocycles. The topological polar surface area (TPSA) is 66.9 Å². The minimum Gasteiger partial charge on any atom is -0.465 e. The van der Waals surface area contributed by atoms with Crippen LogP contribution in [0.2, 0.25) is 0 Å². The minimum atomic E-state index is -3.54. The van der Waals surface area contributed by atoms with E-state index in [9.17, 15) is 13.2 Å². The van der Waals surface area contributed by atoms with Gasteiger partial charge >= 0.3 is 5.97 Å². The van der Waals surface area contributed by atoms with Gasteiger partial charge in [0.05, 0.1) is 6.61 Å². The van der Waals surface area contributed by atoms with Gasteiger partial charge in [-0.25, -0.2) is 0 Å². The largest absolute Gasteiger partial charge is 0.465 e. The zero-order valence-corrected chi connectivity index (χ0v) is 12.1. The fourth-order valence-electron chi connectivity index (χ4n) is 2.02. The molecule has 0 radical (unpaired) electrons. The lowest BCUT2D eigenvalue weighted by Gasteiger charge is -2.32. The number of carbonyl (C=O) groups is 1. The van der Waals surface area contributed by atoms with E-state index in [1.807, 2.05) is 6.92 Å². The first kappa shape index (κ1) is 15.4. The maximum absolute atomic E-state index is 12.2. The van der Waals surface area contributed by atoms with Gasteiger partial charge in [0.1, 0.15) is 6.54 Å². The Balaban J connectivity index is 2.64. The van der Waals surface area contributed by atoms with E-state index in [-0.39, 0.29) is 13.2 Å². The second-order valence-electron chi connectivity index (χ2n) is 4.67. The summed E-state index contributed by atoms with van der Waals surface area (Å²) in [5, 5.41) is 0. The summed E-state index contributed by atoms with van der Waals surface area (Å²) in [6, 6.07) is 0. The zero-order valence-electron chi connectivity index (χ0n) is 11.3. The molecule has 1 atom stereocenters. The van der Waals surface area contributed by atoms with Crippen LogP contribution in [0.4, 0.5) is 0 Å². The maximum Gasteiger partial charge on any atom is 0.321 e. The molecule has 0 amide bonds. The molecule has 0 aromatic carbocycles. The Bertz CT molecular complexity index is 383. The molecule has 1 unspecified atom stereocenters. The Morgan fingerprint density at radius 3 is 2.72 bits per heavy atom. The molecule has 0 spiro atoms. The van der Waals surface area contributed by atoms with Crippen molar-refractivity contribution in [3.63, 3.8) is 0 Å². The lowest BCUT2D eigenvalue weighted by atomic mass is 10.0. The van der Waals surface area contributed by atoms with Crippen molar-refractivity contribution in [3.8, 4) is 0 Å². The van der Waals surface area contributed by atoms with Gasteiger partial charge in [-0.2, -0.15) is 17.0 Å². The van der Waals surface area contributed by atoms with E-state index in [2.05, 4.69) is 0 Å². The van der Waals surface area contributed by atoms with Crippen molar-refractivity contribution in [1.82, 2.24) is 8.61 Å². The van der Waals surface area contributed by atoms with Crippen LogP contribution in [-0.4, -0.2) is 56.3 Å². The van der Waals surface area contributed by atoms with Gasteiger partial charge in [0.15, 0.2) is 0 Å². The summed E-state index contributed by atoms with van der Waals surface area (Å²) in [6.07, 6.45) is 1.92. The van der Waals surface area contributed by atoms with Crippen LogP contribution in [0.3, 0.4) is 0 Å². The van der Waals surface area contributed by atoms with E-state index < -0.39 is 16.2 Å². The van der Waals surface area contributed by atoms with Crippen LogP contribution in [0, 0.1) is 5.92 Å². The molecule has 1 saturated heterocycles. The van der Waals surface area contributed by atoms with Crippen LogP contribution in [0.25, 0.3) is 0 Å². The highest BCUT2D eigenvalue weighted by atomic mass is 32.2. The van der Waals surface area contributed by atoms with Gasteiger partial charge in [-0.3, -0.25) is 4.79 Å². The molecule has 1 rings (SSSR count). The summed E-state index contributed by atoms with van der Waals surface area (Å²) in [4.78, 5) is 11.3. The van der Waals surface area contributed by atoms with Gasteiger partial charge < -0.3 is 4.74 Å². The standard InChI is InChI=1S/C11H22N2O4S/c1-4-17-11(14)9-12(3)18(15,16)13-7-5-6-10(2)8-13/h10H,4-9H2,1-3H3. The molecule has 1 aliphatic heterocycles. The summed E-state index contributed by atoms with van der Waals surface area (Å²) in [6.45, 7) is 4.80. The first-order valence-electron chi connectivity index (χ1n) is 6.25. The summed E-state index contributed by atoms with van der Waals surface area (Å²) in [7, 11) is -2.13. The number of carbonyl (C=O) groups excluding carboxylic acids is 1. The van der Waals surface area contributed by atoms with Crippen molar-refractivity contribution in [1.29, 1.82) is 0 Å². The molecule has 0 bridgehead atoms. The number of nitrogens with zero attached hydrogens (tertiary/aromatic N) is 2. The lowest BCUT2D eigenvalue weighted by Crippen LogP contribution is -2.47. The van der Waals surface area contributed by atoms with E-state index in [4.69, 9.17) is 4.74 Å². The predicted molar refractivity (Wildman–Crippen MR) is 68.2 cm³/mol. The van der Waals surface area contributed by atoms with Crippen LogP contribution >= 0.6 is 0 Å². The number of esters is 1. The Kier molecular flexibility index (Phi) is 5.55. The van der Waals surface area contributed by atoms with E-state index >= 15 is 0 Å². The van der Waals surface area contributed by atoms with E-state index in [1.165, 1.54) is 11.4 Å². The second kappa shape index (κ2) is 6.49. The first-order chi connectivity index (χ1) is 8.37. The number of hydrogen-bond donors (Lipinski definition) is 0. The SMILES string of the molecule is CCOC(=O)CN(C)S(=O)(=O)N1CCCC(C)C1. The summed E-state index contributed by atoms with van der Waals surface area (Å²) >= 11 is 0. The highest BCUT2D eigenvalue weighted by Crippen LogP contribution is 2.19. The van der Waals surface area contributed by atoms with E-state index in [0.29, 0.717) is 19.0 Å². The molecule has 6 nitrogen and oxygen atoms in total. The van der Waals surface area contributed by atoms with Crippen LogP contribution in [0.5, 0.6) is 0 Å². The molecule has 1 heterocycles. The highest BCUT2D eigenvalue weighted by molar-refractivity contribution is 7.86. The number of rotatable bonds is 5. The number of ether oxygens (including phenoxy) is 1. The van der Waals surface area contributed by atoms with E-state index in [0.717, 1.165) is 17.1 Å². The van der Waals surface area contributed by atoms with Gasteiger partial charge in [0, 0.05) is 20.1 Å². The molecule has 0 N–H and O–H groups in total. The third-order valence-corrected chi connectivity index (χ3v) is 4.90. The second-order valence-corrected chi connectivity index (χ2v) is 6.71. The monoisotopic (exact) mass is 278 g/mol. The molecule has 0 saturated carbocycles. The predicted octanol–water partition coefficient (Wildman–Crippen LogP) is 0.458. The van der Waals surface area contributed by atoms with Crippen molar-refractivity contribution in [2.75, 3.05) is 33.3 Å². The van der Waals surface area contributed by atoms with Crippen LogP contribution in [0.15, 0.2) is 0 Å². The molecule has 106 valence electrons. The first-order valence-corrected chi connectivity index (χ1v) is 7.64. The van der Waals surface area contributed by atoms with Gasteiger partial charge in [0.2, 0.25) is 0 Å². The van der Waals surface area contributed by atoms with Crippen molar-refractivity contribution < 1.29 is 17.9 Å². The van der Waals surface area contributed by atoms with Gasteiger partial charge in [-0.15, -0.1) is 0 Å². The Morgan fingerprint density at radius 1 is 1.50 bits per heavy atom. The molecule has 0 aromatic rings. The van der Waals surface area contributed by atoms with Crippen LogP contribution < -0.4 is 0 Å². The van der Waals surface area contributed by atoms with Crippen LogP contribution in [0.1, 0.15) is 26.7 Å². The summed E-state index contributed by atoms with van der Waals surface area (Å²) in [5.74, 6) is -0.154. The van der Waals surface area contributed by atoms with Crippen molar-refractivity contribution in [3.05, 3.63) is 0 Å². The molecule has 0 aliphatic carbocycles. The smallest absolute Gasteiger partial charge is 0.321 e.